The van der Waals surface area contributed by atoms with E-state index in [1.807, 2.05) is 6.92 Å². The van der Waals surface area contributed by atoms with Gasteiger partial charge in [0.15, 0.2) is 5.82 Å². The van der Waals surface area contributed by atoms with Gasteiger partial charge in [-0.05, 0) is 18.6 Å². The van der Waals surface area contributed by atoms with Gasteiger partial charge >= 0.3 is 5.97 Å². The quantitative estimate of drug-likeness (QED) is 0.817. The molecule has 0 aliphatic heterocycles. The summed E-state index contributed by atoms with van der Waals surface area (Å²) in [5.41, 5.74) is 0.965. The minimum Gasteiger partial charge on any atom is -0.478 e. The smallest absolute Gasteiger partial charge is 0.335 e. The molecule has 0 aliphatic rings. The predicted octanol–water partition coefficient (Wildman–Crippen LogP) is 1.73. The lowest BCUT2D eigenvalue weighted by molar-refractivity contribution is 0.0696. The monoisotopic (exact) mass is 262 g/mol. The zero-order valence-corrected chi connectivity index (χ0v) is 10.5. The van der Waals surface area contributed by atoms with Gasteiger partial charge in [-0.2, -0.15) is 4.98 Å². The number of pyridine rings is 1. The van der Waals surface area contributed by atoms with E-state index in [0.717, 1.165) is 18.5 Å². The van der Waals surface area contributed by atoms with Gasteiger partial charge in [-0.15, -0.1) is 0 Å². The number of carboxylic acids is 1. The highest BCUT2D eigenvalue weighted by atomic mass is 16.5. The Morgan fingerprint density at radius 2 is 2.32 bits per heavy atom. The highest BCUT2D eigenvalue weighted by Gasteiger charge is 2.08. The molecule has 0 spiro atoms. The fourth-order valence-corrected chi connectivity index (χ4v) is 1.63. The maximum absolute atomic E-state index is 11.0. The highest BCUT2D eigenvalue weighted by Crippen LogP contribution is 2.13. The van der Waals surface area contributed by atoms with E-state index in [2.05, 4.69) is 25.0 Å². The number of carboxylic acid groups (broad SMARTS) is 1. The molecular formula is C12H14N4O3. The number of carbonyl (C=O) groups is 1. The summed E-state index contributed by atoms with van der Waals surface area (Å²) in [7, 11) is 0. The van der Waals surface area contributed by atoms with E-state index < -0.39 is 5.97 Å². The van der Waals surface area contributed by atoms with E-state index in [0.29, 0.717) is 18.2 Å². The van der Waals surface area contributed by atoms with Crippen molar-refractivity contribution in [1.29, 1.82) is 0 Å². The second kappa shape index (κ2) is 5.94. The van der Waals surface area contributed by atoms with Crippen LogP contribution in [0, 0.1) is 0 Å². The molecule has 0 saturated heterocycles. The van der Waals surface area contributed by atoms with Crippen molar-refractivity contribution in [2.24, 2.45) is 0 Å². The summed E-state index contributed by atoms with van der Waals surface area (Å²) in [6.45, 7) is 2.35. The minimum atomic E-state index is -0.970. The van der Waals surface area contributed by atoms with Crippen LogP contribution >= 0.6 is 0 Å². The Morgan fingerprint density at radius 3 is 2.95 bits per heavy atom. The standard InChI is InChI=1S/C12H14N4O3/c1-2-3-9-4-8(12(17)18)5-10(15-9)13-6-11-14-7-19-16-11/h4-5,7H,2-3,6H2,1H3,(H,13,15)(H,17,18). The molecule has 0 saturated carbocycles. The SMILES string of the molecule is CCCc1cc(C(=O)O)cc(NCc2ncon2)n1. The summed E-state index contributed by atoms with van der Waals surface area (Å²) >= 11 is 0. The second-order valence-corrected chi connectivity index (χ2v) is 3.99. The zero-order valence-electron chi connectivity index (χ0n) is 10.5. The first kappa shape index (κ1) is 13.0. The summed E-state index contributed by atoms with van der Waals surface area (Å²) in [5.74, 6) is 0.00934. The van der Waals surface area contributed by atoms with Crippen LogP contribution in [0.4, 0.5) is 5.82 Å². The molecule has 7 nitrogen and oxygen atoms in total. The molecule has 2 heterocycles. The summed E-state index contributed by atoms with van der Waals surface area (Å²) in [6, 6.07) is 3.08. The topological polar surface area (TPSA) is 101 Å². The third-order valence-electron chi connectivity index (χ3n) is 2.47. The Kier molecular flexibility index (Phi) is 4.07. The van der Waals surface area contributed by atoms with Crippen molar-refractivity contribution in [2.75, 3.05) is 5.32 Å². The molecule has 2 N–H and O–H groups in total. The van der Waals surface area contributed by atoms with E-state index in [4.69, 9.17) is 5.11 Å². The number of aromatic nitrogens is 3. The van der Waals surface area contributed by atoms with Gasteiger partial charge in [0.25, 0.3) is 0 Å². The van der Waals surface area contributed by atoms with Crippen molar-refractivity contribution in [1.82, 2.24) is 15.1 Å². The number of nitrogens with zero attached hydrogens (tertiary/aromatic N) is 3. The fourth-order valence-electron chi connectivity index (χ4n) is 1.63. The number of rotatable bonds is 6. The summed E-state index contributed by atoms with van der Waals surface area (Å²) < 4.78 is 4.61. The zero-order chi connectivity index (χ0) is 13.7. The second-order valence-electron chi connectivity index (χ2n) is 3.99. The van der Waals surface area contributed by atoms with Crippen LogP contribution in [0.1, 0.15) is 35.2 Å². The van der Waals surface area contributed by atoms with E-state index in [9.17, 15) is 4.79 Å². The average molecular weight is 262 g/mol. The van der Waals surface area contributed by atoms with E-state index in [-0.39, 0.29) is 5.56 Å². The van der Waals surface area contributed by atoms with Crippen LogP contribution in [0.3, 0.4) is 0 Å². The number of hydrogen-bond donors (Lipinski definition) is 2. The number of aryl methyl sites for hydroxylation is 1. The third kappa shape index (κ3) is 3.51. The van der Waals surface area contributed by atoms with Gasteiger partial charge in [0.2, 0.25) is 6.39 Å². The fraction of sp³-hybridized carbons (Fsp3) is 0.333. The van der Waals surface area contributed by atoms with E-state index in [1.54, 1.807) is 6.07 Å². The number of aromatic carboxylic acids is 1. The molecule has 19 heavy (non-hydrogen) atoms. The molecule has 2 rings (SSSR count). The van der Waals surface area contributed by atoms with Crippen molar-refractivity contribution in [3.05, 3.63) is 35.6 Å². The largest absolute Gasteiger partial charge is 0.478 e. The minimum absolute atomic E-state index is 0.217. The Labute approximate surface area is 109 Å². The van der Waals surface area contributed by atoms with Crippen LogP contribution < -0.4 is 5.32 Å². The van der Waals surface area contributed by atoms with Crippen LogP contribution in [0.5, 0.6) is 0 Å². The molecule has 2 aromatic heterocycles. The molecule has 0 radical (unpaired) electrons. The van der Waals surface area contributed by atoms with Crippen molar-refractivity contribution in [3.63, 3.8) is 0 Å². The molecule has 0 unspecified atom stereocenters. The van der Waals surface area contributed by atoms with Gasteiger partial charge in [0.05, 0.1) is 12.1 Å². The van der Waals surface area contributed by atoms with Crippen molar-refractivity contribution < 1.29 is 14.4 Å². The summed E-state index contributed by atoms with van der Waals surface area (Å²) in [5, 5.41) is 15.7. The molecule has 7 heteroatoms. The van der Waals surface area contributed by atoms with Crippen LogP contribution in [-0.2, 0) is 13.0 Å². The van der Waals surface area contributed by atoms with Crippen molar-refractivity contribution in [3.8, 4) is 0 Å². The van der Waals surface area contributed by atoms with Gasteiger partial charge in [-0.1, -0.05) is 18.5 Å². The van der Waals surface area contributed by atoms with Gasteiger partial charge in [-0.25, -0.2) is 9.78 Å². The maximum atomic E-state index is 11.0. The van der Waals surface area contributed by atoms with Gasteiger partial charge in [-0.3, -0.25) is 0 Å². The molecule has 0 bridgehead atoms. The van der Waals surface area contributed by atoms with Crippen molar-refractivity contribution >= 4 is 11.8 Å². The van der Waals surface area contributed by atoms with Crippen molar-refractivity contribution in [2.45, 2.75) is 26.3 Å². The van der Waals surface area contributed by atoms with Crippen LogP contribution in [0.25, 0.3) is 0 Å². The van der Waals surface area contributed by atoms with Crippen LogP contribution in [-0.4, -0.2) is 26.2 Å². The maximum Gasteiger partial charge on any atom is 0.335 e. The lowest BCUT2D eigenvalue weighted by Gasteiger charge is -2.07. The summed E-state index contributed by atoms with van der Waals surface area (Å²) in [6.07, 6.45) is 2.87. The molecular weight excluding hydrogens is 248 g/mol. The summed E-state index contributed by atoms with van der Waals surface area (Å²) in [4.78, 5) is 19.3. The molecule has 100 valence electrons. The molecule has 0 atom stereocenters. The van der Waals surface area contributed by atoms with Gasteiger partial charge in [0.1, 0.15) is 5.82 Å². The molecule has 0 aromatic carbocycles. The Balaban J connectivity index is 2.16. The third-order valence-corrected chi connectivity index (χ3v) is 2.47. The number of nitrogens with one attached hydrogen (secondary N) is 1. The molecule has 2 aromatic rings. The lowest BCUT2D eigenvalue weighted by atomic mass is 10.1. The normalized spacial score (nSPS) is 10.4. The van der Waals surface area contributed by atoms with E-state index in [1.165, 1.54) is 12.5 Å². The number of anilines is 1. The Bertz CT molecular complexity index is 554. The van der Waals surface area contributed by atoms with Gasteiger partial charge in [0, 0.05) is 5.69 Å². The molecule has 0 fully saturated rings. The van der Waals surface area contributed by atoms with Crippen LogP contribution in [0.15, 0.2) is 23.0 Å². The molecule has 0 aliphatic carbocycles. The predicted molar refractivity (Wildman–Crippen MR) is 66.8 cm³/mol. The first-order valence-electron chi connectivity index (χ1n) is 5.92. The number of hydrogen-bond acceptors (Lipinski definition) is 6. The molecule has 0 amide bonds. The first-order valence-corrected chi connectivity index (χ1v) is 5.92. The van der Waals surface area contributed by atoms with Crippen LogP contribution in [0.2, 0.25) is 0 Å². The van der Waals surface area contributed by atoms with E-state index >= 15 is 0 Å². The van der Waals surface area contributed by atoms with Gasteiger partial charge < -0.3 is 14.9 Å². The highest BCUT2D eigenvalue weighted by molar-refractivity contribution is 5.88. The lowest BCUT2D eigenvalue weighted by Crippen LogP contribution is -2.07. The first-order chi connectivity index (χ1) is 9.19. The Morgan fingerprint density at radius 1 is 1.47 bits per heavy atom. The Hall–Kier alpha value is -2.44. The average Bonchev–Trinajstić information content (AvgIpc) is 2.89.